The molecule has 0 saturated heterocycles. The predicted octanol–water partition coefficient (Wildman–Crippen LogP) is 5.64. The molecule has 128 valence electrons. The second kappa shape index (κ2) is 6.66. The molecule has 3 nitrogen and oxygen atoms in total. The molecular weight excluding hydrogens is 357 g/mol. The molecule has 0 radical (unpaired) electrons. The van der Waals surface area contributed by atoms with Crippen LogP contribution in [0.3, 0.4) is 0 Å². The summed E-state index contributed by atoms with van der Waals surface area (Å²) in [4.78, 5) is 16.4. The molecule has 25 heavy (non-hydrogen) atoms. The highest BCUT2D eigenvalue weighted by Gasteiger charge is 2.24. The van der Waals surface area contributed by atoms with Crippen LogP contribution in [-0.4, -0.2) is 11.9 Å². The average Bonchev–Trinajstić information content (AvgIpc) is 2.91. The highest BCUT2D eigenvalue weighted by Crippen LogP contribution is 2.26. The Bertz CT molecular complexity index is 891. The Morgan fingerprint density at radius 1 is 1.00 bits per heavy atom. The third-order valence-electron chi connectivity index (χ3n) is 3.87. The summed E-state index contributed by atoms with van der Waals surface area (Å²) >= 11 is 11.9. The predicted molar refractivity (Wildman–Crippen MR) is 102 cm³/mol. The van der Waals surface area contributed by atoms with E-state index in [1.807, 2.05) is 12.1 Å². The SMILES string of the molecule is CC(C)(C)c1ccc(/C=C2\N=C(c3ccc(Cl)c(Cl)c3)OC2=O)cc1. The molecule has 0 N–H and O–H groups in total. The van der Waals surface area contributed by atoms with Crippen LogP contribution >= 0.6 is 23.2 Å². The Hall–Kier alpha value is -2.10. The fourth-order valence-corrected chi connectivity index (χ4v) is 2.70. The molecule has 0 amide bonds. The van der Waals surface area contributed by atoms with Crippen molar-refractivity contribution in [3.05, 3.63) is 74.9 Å². The van der Waals surface area contributed by atoms with Crippen LogP contribution in [0.5, 0.6) is 0 Å². The zero-order valence-corrected chi connectivity index (χ0v) is 15.7. The zero-order valence-electron chi connectivity index (χ0n) is 14.1. The van der Waals surface area contributed by atoms with Crippen LogP contribution in [-0.2, 0) is 14.9 Å². The highest BCUT2D eigenvalue weighted by molar-refractivity contribution is 6.42. The fraction of sp³-hybridized carbons (Fsp3) is 0.200. The van der Waals surface area contributed by atoms with E-state index in [2.05, 4.69) is 37.9 Å². The van der Waals surface area contributed by atoms with Gasteiger partial charge in [-0.2, -0.15) is 0 Å². The summed E-state index contributed by atoms with van der Waals surface area (Å²) in [6, 6.07) is 13.0. The number of hydrogen-bond donors (Lipinski definition) is 0. The van der Waals surface area contributed by atoms with Crippen molar-refractivity contribution >= 4 is 41.1 Å². The molecule has 0 spiro atoms. The number of cyclic esters (lactones) is 1. The maximum atomic E-state index is 12.1. The molecule has 1 aliphatic heterocycles. The summed E-state index contributed by atoms with van der Waals surface area (Å²) in [7, 11) is 0. The molecule has 2 aromatic rings. The lowest BCUT2D eigenvalue weighted by Crippen LogP contribution is -2.10. The average molecular weight is 374 g/mol. The van der Waals surface area contributed by atoms with E-state index >= 15 is 0 Å². The maximum absolute atomic E-state index is 12.1. The van der Waals surface area contributed by atoms with Gasteiger partial charge in [0.1, 0.15) is 0 Å². The number of rotatable bonds is 2. The van der Waals surface area contributed by atoms with Crippen LogP contribution in [0.4, 0.5) is 0 Å². The van der Waals surface area contributed by atoms with Crippen molar-refractivity contribution in [2.75, 3.05) is 0 Å². The normalized spacial score (nSPS) is 16.1. The standard InChI is InChI=1S/C20H17Cl2NO2/c1-20(2,3)14-7-4-12(5-8-14)10-17-19(24)25-18(23-17)13-6-9-15(21)16(22)11-13/h4-11H,1-3H3/b17-10-. The topological polar surface area (TPSA) is 38.7 Å². The van der Waals surface area contributed by atoms with Gasteiger partial charge < -0.3 is 4.74 Å². The largest absolute Gasteiger partial charge is 0.402 e. The number of nitrogens with zero attached hydrogens (tertiary/aromatic N) is 1. The number of carbonyl (C=O) groups is 1. The van der Waals surface area contributed by atoms with Gasteiger partial charge in [0.05, 0.1) is 10.0 Å². The lowest BCUT2D eigenvalue weighted by molar-refractivity contribution is -0.129. The zero-order chi connectivity index (χ0) is 18.2. The Morgan fingerprint density at radius 2 is 1.68 bits per heavy atom. The number of aliphatic imine (C=N–C) groups is 1. The smallest absolute Gasteiger partial charge is 0.363 e. The molecule has 5 heteroatoms. The minimum Gasteiger partial charge on any atom is -0.402 e. The van der Waals surface area contributed by atoms with E-state index in [0.717, 1.165) is 5.56 Å². The number of benzene rings is 2. The van der Waals surface area contributed by atoms with Crippen LogP contribution in [0.25, 0.3) is 6.08 Å². The van der Waals surface area contributed by atoms with Crippen molar-refractivity contribution in [2.45, 2.75) is 26.2 Å². The van der Waals surface area contributed by atoms with Gasteiger partial charge in [0.2, 0.25) is 5.90 Å². The quantitative estimate of drug-likeness (QED) is 0.504. The van der Waals surface area contributed by atoms with Gasteiger partial charge in [0.15, 0.2) is 5.70 Å². The van der Waals surface area contributed by atoms with Gasteiger partial charge in [-0.15, -0.1) is 0 Å². The number of halogens is 2. The van der Waals surface area contributed by atoms with Crippen LogP contribution < -0.4 is 0 Å². The first-order chi connectivity index (χ1) is 11.7. The maximum Gasteiger partial charge on any atom is 0.363 e. The third-order valence-corrected chi connectivity index (χ3v) is 4.61. The molecule has 3 rings (SSSR count). The first kappa shape index (κ1) is 17.7. The van der Waals surface area contributed by atoms with Crippen LogP contribution in [0.2, 0.25) is 10.0 Å². The molecule has 0 saturated carbocycles. The van der Waals surface area contributed by atoms with E-state index in [1.165, 1.54) is 5.56 Å². The second-order valence-corrected chi connectivity index (χ2v) is 7.65. The second-order valence-electron chi connectivity index (χ2n) is 6.84. The summed E-state index contributed by atoms with van der Waals surface area (Å²) < 4.78 is 5.25. The van der Waals surface area contributed by atoms with E-state index in [1.54, 1.807) is 24.3 Å². The molecule has 0 aliphatic carbocycles. The van der Waals surface area contributed by atoms with Crippen LogP contribution in [0.15, 0.2) is 53.2 Å². The molecule has 0 bridgehead atoms. The summed E-state index contributed by atoms with van der Waals surface area (Å²) in [5, 5.41) is 0.818. The van der Waals surface area contributed by atoms with E-state index in [0.29, 0.717) is 15.6 Å². The van der Waals surface area contributed by atoms with Crippen molar-refractivity contribution in [3.8, 4) is 0 Å². The lowest BCUT2D eigenvalue weighted by Gasteiger charge is -2.18. The Balaban J connectivity index is 1.89. The van der Waals surface area contributed by atoms with Gasteiger partial charge in [-0.3, -0.25) is 0 Å². The number of ether oxygens (including phenoxy) is 1. The molecule has 1 aliphatic rings. The Labute approximate surface area is 156 Å². The van der Waals surface area contributed by atoms with E-state index in [9.17, 15) is 4.79 Å². The summed E-state index contributed by atoms with van der Waals surface area (Å²) in [5.74, 6) is -0.262. The minimum atomic E-state index is -0.485. The summed E-state index contributed by atoms with van der Waals surface area (Å²) in [6.45, 7) is 6.47. The number of esters is 1. The van der Waals surface area contributed by atoms with Gasteiger partial charge in [-0.25, -0.2) is 9.79 Å². The molecule has 0 unspecified atom stereocenters. The Kier molecular flexibility index (Phi) is 4.72. The van der Waals surface area contributed by atoms with Crippen molar-refractivity contribution in [2.24, 2.45) is 4.99 Å². The lowest BCUT2D eigenvalue weighted by atomic mass is 9.87. The van der Waals surface area contributed by atoms with Crippen molar-refractivity contribution < 1.29 is 9.53 Å². The van der Waals surface area contributed by atoms with Crippen LogP contribution in [0, 0.1) is 0 Å². The first-order valence-electron chi connectivity index (χ1n) is 7.82. The number of hydrogen-bond acceptors (Lipinski definition) is 3. The van der Waals surface area contributed by atoms with Gasteiger partial charge in [0, 0.05) is 5.56 Å². The van der Waals surface area contributed by atoms with Crippen LogP contribution in [0.1, 0.15) is 37.5 Å². The van der Waals surface area contributed by atoms with Gasteiger partial charge >= 0.3 is 5.97 Å². The third kappa shape index (κ3) is 3.94. The molecule has 0 fully saturated rings. The molecular formula is C20H17Cl2NO2. The molecule has 1 heterocycles. The molecule has 0 aromatic heterocycles. The molecule has 2 aromatic carbocycles. The summed E-state index contributed by atoms with van der Waals surface area (Å²) in [5.41, 5.74) is 3.05. The monoisotopic (exact) mass is 373 g/mol. The minimum absolute atomic E-state index is 0.0805. The van der Waals surface area contributed by atoms with Gasteiger partial charge in [-0.1, -0.05) is 68.2 Å². The van der Waals surface area contributed by atoms with E-state index in [4.69, 9.17) is 27.9 Å². The van der Waals surface area contributed by atoms with Gasteiger partial charge in [-0.05, 0) is 40.8 Å². The number of carbonyl (C=O) groups excluding carboxylic acids is 1. The first-order valence-corrected chi connectivity index (χ1v) is 8.58. The van der Waals surface area contributed by atoms with E-state index in [-0.39, 0.29) is 17.0 Å². The van der Waals surface area contributed by atoms with Crippen molar-refractivity contribution in [1.82, 2.24) is 0 Å². The van der Waals surface area contributed by atoms with Crippen molar-refractivity contribution in [1.29, 1.82) is 0 Å². The fourth-order valence-electron chi connectivity index (χ4n) is 2.40. The van der Waals surface area contributed by atoms with Gasteiger partial charge in [0.25, 0.3) is 0 Å². The molecule has 0 atom stereocenters. The van der Waals surface area contributed by atoms with E-state index < -0.39 is 5.97 Å². The summed E-state index contributed by atoms with van der Waals surface area (Å²) in [6.07, 6.45) is 1.71. The Morgan fingerprint density at radius 3 is 2.28 bits per heavy atom. The highest BCUT2D eigenvalue weighted by atomic mass is 35.5. The van der Waals surface area contributed by atoms with Crippen molar-refractivity contribution in [3.63, 3.8) is 0 Å².